The van der Waals surface area contributed by atoms with Crippen LogP contribution in [0, 0.1) is 6.07 Å². The van der Waals surface area contributed by atoms with Crippen molar-refractivity contribution in [3.05, 3.63) is 29.8 Å². The van der Waals surface area contributed by atoms with Crippen molar-refractivity contribution in [1.82, 2.24) is 0 Å². The van der Waals surface area contributed by atoms with Gasteiger partial charge in [-0.2, -0.15) is 0 Å². The Morgan fingerprint density at radius 1 is 1.42 bits per heavy atom. The largest absolute Gasteiger partial charge is 0.326 e. The number of hydrogen-bond acceptors (Lipinski definition) is 3. The second-order valence-corrected chi connectivity index (χ2v) is 3.84. The van der Waals surface area contributed by atoms with Crippen molar-refractivity contribution >= 4 is 10.0 Å². The molecule has 0 saturated carbocycles. The average molecular weight is 185 g/mol. The summed E-state index contributed by atoms with van der Waals surface area (Å²) in [5.41, 5.74) is 6.13. The number of sulfonamides is 1. The molecule has 0 bridgehead atoms. The second-order valence-electron chi connectivity index (χ2n) is 2.31. The lowest BCUT2D eigenvalue weighted by molar-refractivity contribution is 0.597. The zero-order valence-electron chi connectivity index (χ0n) is 6.32. The highest BCUT2D eigenvalue weighted by Crippen LogP contribution is 2.06. The molecule has 0 aliphatic rings. The lowest BCUT2D eigenvalue weighted by atomic mass is 10.2. The minimum atomic E-state index is -3.62. The first-order chi connectivity index (χ1) is 5.54. The predicted molar refractivity (Wildman–Crippen MR) is 44.5 cm³/mol. The third kappa shape index (κ3) is 2.04. The number of hydrogen-bond donors (Lipinski definition) is 2. The van der Waals surface area contributed by atoms with E-state index < -0.39 is 10.0 Å². The van der Waals surface area contributed by atoms with Crippen molar-refractivity contribution in [1.29, 1.82) is 0 Å². The van der Waals surface area contributed by atoms with Crippen LogP contribution in [-0.2, 0) is 16.6 Å². The summed E-state index contributed by atoms with van der Waals surface area (Å²) in [6.45, 7) is 0.362. The fourth-order valence-electron chi connectivity index (χ4n) is 0.747. The van der Waals surface area contributed by atoms with Crippen LogP contribution < -0.4 is 10.9 Å². The Bertz CT molecular complexity index is 355. The Kier molecular flexibility index (Phi) is 2.46. The maximum atomic E-state index is 10.7. The zero-order chi connectivity index (χ0) is 9.19. The minimum absolute atomic E-state index is 0.0142. The highest BCUT2D eigenvalue weighted by atomic mass is 32.2. The van der Waals surface area contributed by atoms with Crippen LogP contribution in [0.4, 0.5) is 0 Å². The molecule has 0 amide bonds. The second kappa shape index (κ2) is 3.22. The van der Waals surface area contributed by atoms with E-state index in [1.165, 1.54) is 12.1 Å². The molecule has 1 aromatic rings. The van der Waals surface area contributed by atoms with E-state index in [0.29, 0.717) is 6.54 Å². The average Bonchev–Trinajstić information content (AvgIpc) is 2.03. The first-order valence-corrected chi connectivity index (χ1v) is 4.82. The van der Waals surface area contributed by atoms with Gasteiger partial charge < -0.3 is 5.73 Å². The molecule has 0 saturated heterocycles. The molecule has 4 nitrogen and oxygen atoms in total. The van der Waals surface area contributed by atoms with Gasteiger partial charge in [0.1, 0.15) is 0 Å². The topological polar surface area (TPSA) is 86.2 Å². The van der Waals surface area contributed by atoms with Crippen LogP contribution in [0.15, 0.2) is 23.1 Å². The first-order valence-electron chi connectivity index (χ1n) is 3.27. The van der Waals surface area contributed by atoms with E-state index in [4.69, 9.17) is 10.9 Å². The van der Waals surface area contributed by atoms with Gasteiger partial charge in [0.25, 0.3) is 0 Å². The highest BCUT2D eigenvalue weighted by molar-refractivity contribution is 7.89. The molecule has 0 spiro atoms. The molecule has 1 aromatic carbocycles. The Hall–Kier alpha value is -0.910. The molecule has 0 atom stereocenters. The number of nitrogens with two attached hydrogens (primary N) is 2. The third-order valence-electron chi connectivity index (χ3n) is 1.39. The van der Waals surface area contributed by atoms with Crippen LogP contribution in [0.3, 0.4) is 0 Å². The molecular formula is C7H9N2O2S. The van der Waals surface area contributed by atoms with Gasteiger partial charge in [-0.15, -0.1) is 0 Å². The number of primary sulfonamides is 1. The normalized spacial score (nSPS) is 11.5. The van der Waals surface area contributed by atoms with Crippen LogP contribution in [0.1, 0.15) is 5.56 Å². The third-order valence-corrected chi connectivity index (χ3v) is 2.26. The van der Waals surface area contributed by atoms with E-state index in [1.807, 2.05) is 0 Å². The van der Waals surface area contributed by atoms with Gasteiger partial charge in [-0.05, 0) is 17.7 Å². The maximum absolute atomic E-state index is 10.7. The zero-order valence-corrected chi connectivity index (χ0v) is 7.14. The van der Waals surface area contributed by atoms with Crippen molar-refractivity contribution in [2.45, 2.75) is 11.4 Å². The van der Waals surface area contributed by atoms with Crippen molar-refractivity contribution in [2.75, 3.05) is 0 Å². The molecule has 1 radical (unpaired) electrons. The SMILES string of the molecule is NCc1c[c]c(S(N)(=O)=O)cc1. The summed E-state index contributed by atoms with van der Waals surface area (Å²) in [6.07, 6.45) is 0. The van der Waals surface area contributed by atoms with Crippen LogP contribution >= 0.6 is 0 Å². The lowest BCUT2D eigenvalue weighted by Crippen LogP contribution is -2.12. The quantitative estimate of drug-likeness (QED) is 0.656. The maximum Gasteiger partial charge on any atom is 0.238 e. The standard InChI is InChI=1S/C7H9N2O2S/c8-5-6-1-3-7(4-2-6)12(9,10)11/h1-3H,5,8H2,(H2,9,10,11). The molecule has 12 heavy (non-hydrogen) atoms. The molecule has 0 aliphatic carbocycles. The van der Waals surface area contributed by atoms with E-state index in [9.17, 15) is 8.42 Å². The van der Waals surface area contributed by atoms with Gasteiger partial charge in [-0.3, -0.25) is 0 Å². The number of benzene rings is 1. The molecule has 4 N–H and O–H groups in total. The van der Waals surface area contributed by atoms with E-state index in [2.05, 4.69) is 6.07 Å². The molecule has 0 unspecified atom stereocenters. The number of rotatable bonds is 2. The fraction of sp³-hybridized carbons (Fsp3) is 0.143. The van der Waals surface area contributed by atoms with Gasteiger partial charge in [0.15, 0.2) is 0 Å². The van der Waals surface area contributed by atoms with Gasteiger partial charge in [0.2, 0.25) is 10.0 Å². The summed E-state index contributed by atoms with van der Waals surface area (Å²) in [5.74, 6) is 0. The Morgan fingerprint density at radius 3 is 2.42 bits per heavy atom. The van der Waals surface area contributed by atoms with E-state index in [1.54, 1.807) is 6.07 Å². The van der Waals surface area contributed by atoms with Crippen LogP contribution in [0.25, 0.3) is 0 Å². The first kappa shape index (κ1) is 9.18. The van der Waals surface area contributed by atoms with E-state index in [-0.39, 0.29) is 4.90 Å². The Labute approximate surface area is 71.2 Å². The smallest absolute Gasteiger partial charge is 0.238 e. The van der Waals surface area contributed by atoms with Crippen LogP contribution in [-0.4, -0.2) is 8.42 Å². The van der Waals surface area contributed by atoms with Gasteiger partial charge in [0, 0.05) is 12.6 Å². The summed E-state index contributed by atoms with van der Waals surface area (Å²) < 4.78 is 21.5. The summed E-state index contributed by atoms with van der Waals surface area (Å²) in [7, 11) is -3.62. The minimum Gasteiger partial charge on any atom is -0.326 e. The summed E-state index contributed by atoms with van der Waals surface area (Å²) in [6, 6.07) is 7.04. The van der Waals surface area contributed by atoms with Crippen LogP contribution in [0.2, 0.25) is 0 Å². The van der Waals surface area contributed by atoms with Crippen molar-refractivity contribution < 1.29 is 8.42 Å². The van der Waals surface area contributed by atoms with Crippen molar-refractivity contribution in [3.8, 4) is 0 Å². The molecule has 0 heterocycles. The van der Waals surface area contributed by atoms with E-state index in [0.717, 1.165) is 5.56 Å². The van der Waals surface area contributed by atoms with Gasteiger partial charge in [-0.25, -0.2) is 13.6 Å². The van der Waals surface area contributed by atoms with Gasteiger partial charge in [0.05, 0.1) is 4.90 Å². The van der Waals surface area contributed by atoms with Crippen molar-refractivity contribution in [3.63, 3.8) is 0 Å². The molecule has 1 rings (SSSR count). The molecule has 5 heteroatoms. The molecular weight excluding hydrogens is 176 g/mol. The lowest BCUT2D eigenvalue weighted by Gasteiger charge is -1.98. The van der Waals surface area contributed by atoms with Gasteiger partial charge >= 0.3 is 0 Å². The fourth-order valence-corrected chi connectivity index (χ4v) is 1.23. The Morgan fingerprint density at radius 2 is 2.08 bits per heavy atom. The molecule has 0 aliphatic heterocycles. The summed E-state index contributed by atoms with van der Waals surface area (Å²) in [4.78, 5) is -0.0142. The summed E-state index contributed by atoms with van der Waals surface area (Å²) >= 11 is 0. The Balaban J connectivity index is 3.09. The summed E-state index contributed by atoms with van der Waals surface area (Å²) in [5, 5.41) is 4.86. The molecule has 65 valence electrons. The highest BCUT2D eigenvalue weighted by Gasteiger charge is 2.06. The van der Waals surface area contributed by atoms with Gasteiger partial charge in [-0.1, -0.05) is 6.07 Å². The predicted octanol–water partition coefficient (Wildman–Crippen LogP) is -0.407. The monoisotopic (exact) mass is 185 g/mol. The van der Waals surface area contributed by atoms with Crippen LogP contribution in [0.5, 0.6) is 0 Å². The molecule has 0 fully saturated rings. The molecule has 0 aromatic heterocycles. The van der Waals surface area contributed by atoms with E-state index >= 15 is 0 Å². The van der Waals surface area contributed by atoms with Crippen molar-refractivity contribution in [2.24, 2.45) is 10.9 Å².